The molecule has 2 aromatic rings. The molecule has 0 unspecified atom stereocenters. The highest BCUT2D eigenvalue weighted by molar-refractivity contribution is 6.30. The normalized spacial score (nSPS) is 10.3. The van der Waals surface area contributed by atoms with Gasteiger partial charge in [-0.3, -0.25) is 4.79 Å². The highest BCUT2D eigenvalue weighted by Crippen LogP contribution is 2.21. The van der Waals surface area contributed by atoms with Crippen LogP contribution in [-0.2, 0) is 0 Å². The van der Waals surface area contributed by atoms with E-state index in [0.717, 1.165) is 12.1 Å². The number of carbonyl (C=O) groups excluding carboxylic acids is 1. The predicted octanol–water partition coefficient (Wildman–Crippen LogP) is 3.62. The van der Waals surface area contributed by atoms with Gasteiger partial charge in [0, 0.05) is 18.7 Å². The van der Waals surface area contributed by atoms with Crippen molar-refractivity contribution >= 4 is 29.0 Å². The third kappa shape index (κ3) is 3.46. The number of aryl methyl sites for hydroxylation is 1. The summed E-state index contributed by atoms with van der Waals surface area (Å²) >= 11 is 5.79. The van der Waals surface area contributed by atoms with E-state index in [2.05, 4.69) is 15.6 Å². The van der Waals surface area contributed by atoms with Gasteiger partial charge in [-0.05, 0) is 30.7 Å². The Morgan fingerprint density at radius 3 is 2.57 bits per heavy atom. The molecule has 110 valence electrons. The van der Waals surface area contributed by atoms with Gasteiger partial charge in [0.2, 0.25) is 0 Å². The lowest BCUT2D eigenvalue weighted by Gasteiger charge is -2.09. The van der Waals surface area contributed by atoms with E-state index in [1.165, 1.54) is 19.1 Å². The number of amides is 1. The Hall–Kier alpha value is -2.21. The van der Waals surface area contributed by atoms with Crippen molar-refractivity contribution in [3.63, 3.8) is 0 Å². The second-order valence-corrected chi connectivity index (χ2v) is 4.74. The van der Waals surface area contributed by atoms with Crippen LogP contribution in [0.3, 0.4) is 0 Å². The molecule has 0 fully saturated rings. The van der Waals surface area contributed by atoms with Gasteiger partial charge in [0.05, 0.1) is 5.69 Å². The quantitative estimate of drug-likeness (QED) is 0.851. The largest absolute Gasteiger partial charge is 0.373 e. The molecule has 2 rings (SSSR count). The molecule has 0 saturated heterocycles. The zero-order chi connectivity index (χ0) is 15.6. The van der Waals surface area contributed by atoms with Gasteiger partial charge in [-0.25, -0.2) is 13.8 Å². The van der Waals surface area contributed by atoms with E-state index in [0.29, 0.717) is 5.82 Å². The first kappa shape index (κ1) is 15.2. The first-order valence-corrected chi connectivity index (χ1v) is 6.41. The van der Waals surface area contributed by atoms with Gasteiger partial charge < -0.3 is 10.6 Å². The molecular weight excluding hydrogens is 300 g/mol. The van der Waals surface area contributed by atoms with Crippen LogP contribution < -0.4 is 10.6 Å². The fraction of sp³-hybridized carbons (Fsp3) is 0.143. The van der Waals surface area contributed by atoms with E-state index >= 15 is 0 Å². The zero-order valence-electron chi connectivity index (χ0n) is 11.3. The van der Waals surface area contributed by atoms with Gasteiger partial charge in [-0.2, -0.15) is 0 Å². The summed E-state index contributed by atoms with van der Waals surface area (Å²) in [4.78, 5) is 16.0. The summed E-state index contributed by atoms with van der Waals surface area (Å²) < 4.78 is 27.1. The number of rotatable bonds is 3. The number of hydrogen-bond acceptors (Lipinski definition) is 3. The molecule has 1 aromatic carbocycles. The molecule has 0 bridgehead atoms. The second-order valence-electron chi connectivity index (χ2n) is 4.35. The van der Waals surface area contributed by atoms with E-state index in [1.807, 2.05) is 0 Å². The number of carbonyl (C=O) groups is 1. The van der Waals surface area contributed by atoms with Crippen molar-refractivity contribution in [3.05, 3.63) is 52.2 Å². The maximum atomic E-state index is 13.7. The number of hydrogen-bond donors (Lipinski definition) is 2. The minimum atomic E-state index is -0.712. The van der Waals surface area contributed by atoms with Crippen molar-refractivity contribution in [3.8, 4) is 0 Å². The molecule has 2 N–H and O–H groups in total. The van der Waals surface area contributed by atoms with Crippen LogP contribution in [0.15, 0.2) is 24.3 Å². The summed E-state index contributed by atoms with van der Waals surface area (Å²) in [6, 6.07) is 4.73. The van der Waals surface area contributed by atoms with Crippen LogP contribution in [-0.4, -0.2) is 17.9 Å². The maximum Gasteiger partial charge on any atom is 0.255 e. The van der Waals surface area contributed by atoms with Crippen molar-refractivity contribution in [2.75, 3.05) is 17.7 Å². The van der Waals surface area contributed by atoms with E-state index in [1.54, 1.807) is 7.05 Å². The van der Waals surface area contributed by atoms with Crippen molar-refractivity contribution in [1.82, 2.24) is 4.98 Å². The highest BCUT2D eigenvalue weighted by Gasteiger charge is 2.13. The Kier molecular flexibility index (Phi) is 4.37. The van der Waals surface area contributed by atoms with E-state index in [-0.39, 0.29) is 22.0 Å². The molecule has 0 aliphatic rings. The van der Waals surface area contributed by atoms with Crippen molar-refractivity contribution in [2.24, 2.45) is 0 Å². The van der Waals surface area contributed by atoms with Gasteiger partial charge in [0.15, 0.2) is 0 Å². The summed E-state index contributed by atoms with van der Waals surface area (Å²) in [5.41, 5.74) is 0.108. The first-order valence-electron chi connectivity index (χ1n) is 6.03. The van der Waals surface area contributed by atoms with Crippen LogP contribution in [0.1, 0.15) is 15.9 Å². The summed E-state index contributed by atoms with van der Waals surface area (Å²) in [6.45, 7) is 1.44. The standard InChI is InChI=1S/C14H12ClF2N3O/c1-7-3-10(17)11(6-9(7)16)19-14(21)8-4-12(15)20-13(5-8)18-2/h3-6H,1-2H3,(H,18,20)(H,19,21). The third-order valence-electron chi connectivity index (χ3n) is 2.81. The van der Waals surface area contributed by atoms with Crippen molar-refractivity contribution in [1.29, 1.82) is 0 Å². The molecule has 1 amide bonds. The van der Waals surface area contributed by atoms with Crippen LogP contribution in [0.2, 0.25) is 5.15 Å². The molecule has 4 nitrogen and oxygen atoms in total. The third-order valence-corrected chi connectivity index (χ3v) is 3.00. The minimum absolute atomic E-state index is 0.113. The van der Waals surface area contributed by atoms with Gasteiger partial charge in [0.1, 0.15) is 22.6 Å². The molecule has 7 heteroatoms. The summed E-state index contributed by atoms with van der Waals surface area (Å²) in [6.07, 6.45) is 0. The number of aromatic nitrogens is 1. The van der Waals surface area contributed by atoms with Crippen molar-refractivity contribution < 1.29 is 13.6 Å². The lowest BCUT2D eigenvalue weighted by Crippen LogP contribution is -2.14. The number of nitrogens with one attached hydrogen (secondary N) is 2. The predicted molar refractivity (Wildman–Crippen MR) is 77.8 cm³/mol. The van der Waals surface area contributed by atoms with E-state index in [4.69, 9.17) is 11.6 Å². The summed E-state index contributed by atoms with van der Waals surface area (Å²) in [5.74, 6) is -1.53. The van der Waals surface area contributed by atoms with Crippen LogP contribution in [0.5, 0.6) is 0 Å². The SMILES string of the molecule is CNc1cc(C(=O)Nc2cc(F)c(C)cc2F)cc(Cl)n1. The van der Waals surface area contributed by atoms with Gasteiger partial charge in [-0.15, -0.1) is 0 Å². The number of anilines is 2. The average molecular weight is 312 g/mol. The zero-order valence-corrected chi connectivity index (χ0v) is 12.1. The fourth-order valence-corrected chi connectivity index (χ4v) is 1.90. The van der Waals surface area contributed by atoms with Gasteiger partial charge in [0.25, 0.3) is 5.91 Å². The average Bonchev–Trinajstić information content (AvgIpc) is 2.43. The van der Waals surface area contributed by atoms with E-state index < -0.39 is 17.5 Å². The first-order chi connectivity index (χ1) is 9.90. The Morgan fingerprint density at radius 2 is 1.90 bits per heavy atom. The van der Waals surface area contributed by atoms with Crippen LogP contribution in [0, 0.1) is 18.6 Å². The molecule has 1 heterocycles. The highest BCUT2D eigenvalue weighted by atomic mass is 35.5. The van der Waals surface area contributed by atoms with Crippen LogP contribution >= 0.6 is 11.6 Å². The van der Waals surface area contributed by atoms with E-state index in [9.17, 15) is 13.6 Å². The smallest absolute Gasteiger partial charge is 0.255 e. The molecule has 0 saturated carbocycles. The Morgan fingerprint density at radius 1 is 1.19 bits per heavy atom. The molecule has 0 aliphatic carbocycles. The van der Waals surface area contributed by atoms with Crippen molar-refractivity contribution in [2.45, 2.75) is 6.92 Å². The second kappa shape index (κ2) is 6.05. The lowest BCUT2D eigenvalue weighted by atomic mass is 10.2. The van der Waals surface area contributed by atoms with Gasteiger partial charge >= 0.3 is 0 Å². The molecule has 0 radical (unpaired) electrons. The van der Waals surface area contributed by atoms with Gasteiger partial charge in [-0.1, -0.05) is 11.6 Å². The number of benzene rings is 1. The summed E-state index contributed by atoms with van der Waals surface area (Å²) in [5, 5.41) is 5.16. The number of pyridine rings is 1. The topological polar surface area (TPSA) is 54.0 Å². The Labute approximate surface area is 125 Å². The number of halogens is 3. The molecular formula is C14H12ClF2N3O. The Balaban J connectivity index is 2.30. The van der Waals surface area contributed by atoms with Crippen LogP contribution in [0.25, 0.3) is 0 Å². The fourth-order valence-electron chi connectivity index (χ4n) is 1.69. The molecule has 0 atom stereocenters. The van der Waals surface area contributed by atoms with Crippen LogP contribution in [0.4, 0.5) is 20.3 Å². The number of nitrogens with zero attached hydrogens (tertiary/aromatic N) is 1. The molecule has 1 aromatic heterocycles. The maximum absolute atomic E-state index is 13.7. The minimum Gasteiger partial charge on any atom is -0.373 e. The Bertz CT molecular complexity index is 707. The monoisotopic (exact) mass is 311 g/mol. The lowest BCUT2D eigenvalue weighted by molar-refractivity contribution is 0.102. The molecule has 21 heavy (non-hydrogen) atoms. The molecule has 0 aliphatic heterocycles. The molecule has 0 spiro atoms. The summed E-state index contributed by atoms with van der Waals surface area (Å²) in [7, 11) is 1.62.